The molecular weight excluding hydrogens is 400 g/mol. The van der Waals surface area contributed by atoms with Crippen molar-refractivity contribution >= 4 is 46.5 Å². The van der Waals surface area contributed by atoms with E-state index in [9.17, 15) is 14.4 Å². The van der Waals surface area contributed by atoms with Crippen LogP contribution in [0.3, 0.4) is 0 Å². The second-order valence-corrected chi connectivity index (χ2v) is 7.65. The Bertz CT molecular complexity index is 1130. The third-order valence-electron chi connectivity index (χ3n) is 4.40. The maximum atomic E-state index is 13.2. The number of nitrogens with zero attached hydrogens (tertiary/aromatic N) is 2. The maximum Gasteiger partial charge on any atom is 0.259 e. The summed E-state index contributed by atoms with van der Waals surface area (Å²) in [5.41, 5.74) is 2.34. The number of nitrogens with one attached hydrogen (secondary N) is 2. The molecule has 0 saturated heterocycles. The topological polar surface area (TPSA) is 91.4 Å². The van der Waals surface area contributed by atoms with Gasteiger partial charge in [-0.05, 0) is 48.5 Å². The molecule has 0 unspecified atom stereocenters. The first-order valence-electron chi connectivity index (χ1n) is 9.22. The third kappa shape index (κ3) is 4.18. The van der Waals surface area contributed by atoms with Crippen LogP contribution in [-0.2, 0) is 9.59 Å². The van der Waals surface area contributed by atoms with Gasteiger partial charge in [-0.25, -0.2) is 4.98 Å². The molecule has 4 rings (SSSR count). The Morgan fingerprint density at radius 2 is 1.67 bits per heavy atom. The molecule has 1 aromatic heterocycles. The van der Waals surface area contributed by atoms with Gasteiger partial charge < -0.3 is 10.6 Å². The Kier molecular flexibility index (Phi) is 5.49. The van der Waals surface area contributed by atoms with Crippen LogP contribution in [0.25, 0.3) is 0 Å². The summed E-state index contributed by atoms with van der Waals surface area (Å²) < 4.78 is 0. The number of rotatable bonds is 4. The van der Waals surface area contributed by atoms with Crippen molar-refractivity contribution in [2.75, 3.05) is 22.1 Å². The average Bonchev–Trinajstić information content (AvgIpc) is 2.84. The molecule has 2 aromatic carbocycles. The van der Waals surface area contributed by atoms with Gasteiger partial charge in [0.1, 0.15) is 11.6 Å². The Morgan fingerprint density at radius 1 is 0.967 bits per heavy atom. The zero-order valence-electron chi connectivity index (χ0n) is 16.1. The fourth-order valence-corrected chi connectivity index (χ4v) is 4.12. The molecule has 150 valence electrons. The number of pyridine rings is 1. The van der Waals surface area contributed by atoms with Crippen LogP contribution >= 0.6 is 11.8 Å². The summed E-state index contributed by atoms with van der Waals surface area (Å²) in [6.45, 7) is 1.27. The lowest BCUT2D eigenvalue weighted by Crippen LogP contribution is -2.38. The van der Waals surface area contributed by atoms with Crippen molar-refractivity contribution in [3.63, 3.8) is 0 Å². The zero-order chi connectivity index (χ0) is 21.1. The Balaban J connectivity index is 1.56. The van der Waals surface area contributed by atoms with Gasteiger partial charge in [0, 0.05) is 29.4 Å². The van der Waals surface area contributed by atoms with Crippen LogP contribution in [0.4, 0.5) is 17.1 Å². The lowest BCUT2D eigenvalue weighted by atomic mass is 10.2. The summed E-state index contributed by atoms with van der Waals surface area (Å²) in [6.07, 6.45) is 1.67. The molecule has 0 saturated carbocycles. The van der Waals surface area contributed by atoms with E-state index in [1.807, 2.05) is 12.1 Å². The minimum Gasteiger partial charge on any atom is -0.326 e. The number of amides is 3. The molecule has 8 heteroatoms. The summed E-state index contributed by atoms with van der Waals surface area (Å²) in [5, 5.41) is 6.13. The summed E-state index contributed by atoms with van der Waals surface area (Å²) in [6, 6.07) is 17.6. The predicted octanol–water partition coefficient (Wildman–Crippen LogP) is 3.79. The van der Waals surface area contributed by atoms with Gasteiger partial charge >= 0.3 is 0 Å². The third-order valence-corrected chi connectivity index (χ3v) is 5.49. The van der Waals surface area contributed by atoms with Gasteiger partial charge in [-0.3, -0.25) is 19.3 Å². The molecule has 7 nitrogen and oxygen atoms in total. The summed E-state index contributed by atoms with van der Waals surface area (Å²) in [5.74, 6) is -0.757. The first kappa shape index (κ1) is 19.7. The molecule has 30 heavy (non-hydrogen) atoms. The fraction of sp³-hybridized carbons (Fsp3) is 0.0909. The average molecular weight is 418 g/mol. The van der Waals surface area contributed by atoms with Crippen LogP contribution in [0.1, 0.15) is 17.3 Å². The molecule has 2 heterocycles. The molecule has 0 bridgehead atoms. The van der Waals surface area contributed by atoms with Gasteiger partial charge in [0.2, 0.25) is 11.8 Å². The van der Waals surface area contributed by atoms with Crippen molar-refractivity contribution in [1.82, 2.24) is 4.98 Å². The second-order valence-electron chi connectivity index (χ2n) is 6.62. The van der Waals surface area contributed by atoms with E-state index >= 15 is 0 Å². The van der Waals surface area contributed by atoms with Crippen LogP contribution in [0.15, 0.2) is 76.8 Å². The summed E-state index contributed by atoms with van der Waals surface area (Å²) in [4.78, 5) is 43.7. The predicted molar refractivity (Wildman–Crippen MR) is 116 cm³/mol. The second kappa shape index (κ2) is 8.38. The van der Waals surface area contributed by atoms with Crippen molar-refractivity contribution in [2.45, 2.75) is 16.8 Å². The number of hydrogen-bond donors (Lipinski definition) is 2. The highest BCUT2D eigenvalue weighted by Gasteiger charge is 2.29. The number of carbonyl (C=O) groups excluding carboxylic acids is 3. The number of carbonyl (C=O) groups is 3. The van der Waals surface area contributed by atoms with E-state index in [4.69, 9.17) is 0 Å². The molecule has 0 aliphatic carbocycles. The lowest BCUT2D eigenvalue weighted by Gasteiger charge is -2.22. The number of hydrogen-bond acceptors (Lipinski definition) is 5. The number of anilines is 3. The molecule has 0 spiro atoms. The summed E-state index contributed by atoms with van der Waals surface area (Å²) in [7, 11) is 0. The highest BCUT2D eigenvalue weighted by atomic mass is 32.2. The van der Waals surface area contributed by atoms with E-state index in [0.29, 0.717) is 27.7 Å². The molecular formula is C22H18N4O3S. The van der Waals surface area contributed by atoms with Crippen LogP contribution < -0.4 is 15.5 Å². The SMILES string of the molecule is CC(=O)Nc1ccc(NC(=O)CN2C(=O)c3ccccc3Sc3ncccc32)cc1. The number of benzene rings is 2. The van der Waals surface area contributed by atoms with Crippen molar-refractivity contribution in [2.24, 2.45) is 0 Å². The van der Waals surface area contributed by atoms with Gasteiger partial charge in [-0.1, -0.05) is 23.9 Å². The quantitative estimate of drug-likeness (QED) is 0.673. The molecule has 0 radical (unpaired) electrons. The molecule has 3 aromatic rings. The van der Waals surface area contributed by atoms with Gasteiger partial charge in [0.05, 0.1) is 11.3 Å². The fourth-order valence-electron chi connectivity index (χ4n) is 3.10. The standard InChI is InChI=1S/C22H18N4O3S/c1-14(27)24-15-8-10-16(11-9-15)25-20(28)13-26-18-6-4-12-23-21(18)30-19-7-3-2-5-17(19)22(26)29/h2-12H,13H2,1H3,(H,24,27)(H,25,28). The van der Waals surface area contributed by atoms with Gasteiger partial charge in [0.15, 0.2) is 0 Å². The Hall–Kier alpha value is -3.65. The van der Waals surface area contributed by atoms with Crippen molar-refractivity contribution in [1.29, 1.82) is 0 Å². The molecule has 1 aliphatic rings. The van der Waals surface area contributed by atoms with E-state index in [-0.39, 0.29) is 24.3 Å². The van der Waals surface area contributed by atoms with E-state index in [1.54, 1.807) is 54.7 Å². The van der Waals surface area contributed by atoms with Crippen molar-refractivity contribution in [3.8, 4) is 0 Å². The number of fused-ring (bicyclic) bond motifs is 2. The smallest absolute Gasteiger partial charge is 0.259 e. The molecule has 2 N–H and O–H groups in total. The van der Waals surface area contributed by atoms with E-state index in [0.717, 1.165) is 4.90 Å². The monoisotopic (exact) mass is 418 g/mol. The lowest BCUT2D eigenvalue weighted by molar-refractivity contribution is -0.115. The van der Waals surface area contributed by atoms with Crippen LogP contribution in [0, 0.1) is 0 Å². The van der Waals surface area contributed by atoms with Crippen molar-refractivity contribution in [3.05, 3.63) is 72.4 Å². The molecule has 0 atom stereocenters. The molecule has 1 aliphatic heterocycles. The Labute approximate surface area is 177 Å². The molecule has 0 fully saturated rings. The normalized spacial score (nSPS) is 12.4. The van der Waals surface area contributed by atoms with Gasteiger partial charge in [-0.15, -0.1) is 0 Å². The Morgan fingerprint density at radius 3 is 2.40 bits per heavy atom. The van der Waals surface area contributed by atoms with Crippen LogP contribution in [-0.4, -0.2) is 29.3 Å². The minimum atomic E-state index is -0.338. The highest BCUT2D eigenvalue weighted by Crippen LogP contribution is 2.39. The van der Waals surface area contributed by atoms with E-state index in [1.165, 1.54) is 23.6 Å². The molecule has 3 amide bonds. The van der Waals surface area contributed by atoms with Crippen molar-refractivity contribution < 1.29 is 14.4 Å². The summed E-state index contributed by atoms with van der Waals surface area (Å²) >= 11 is 1.41. The van der Waals surface area contributed by atoms with E-state index < -0.39 is 0 Å². The van der Waals surface area contributed by atoms with Gasteiger partial charge in [-0.2, -0.15) is 0 Å². The van der Waals surface area contributed by atoms with Crippen LogP contribution in [0.2, 0.25) is 0 Å². The van der Waals surface area contributed by atoms with Crippen LogP contribution in [0.5, 0.6) is 0 Å². The number of aromatic nitrogens is 1. The van der Waals surface area contributed by atoms with Gasteiger partial charge in [0.25, 0.3) is 5.91 Å². The first-order chi connectivity index (χ1) is 14.5. The maximum absolute atomic E-state index is 13.2. The largest absolute Gasteiger partial charge is 0.326 e. The zero-order valence-corrected chi connectivity index (χ0v) is 16.9. The van der Waals surface area contributed by atoms with E-state index in [2.05, 4.69) is 15.6 Å². The highest BCUT2D eigenvalue weighted by molar-refractivity contribution is 7.99. The minimum absolute atomic E-state index is 0.153. The first-order valence-corrected chi connectivity index (χ1v) is 10.0.